The summed E-state index contributed by atoms with van der Waals surface area (Å²) >= 11 is 3.33. The lowest BCUT2D eigenvalue weighted by Gasteiger charge is -2.02. The van der Waals surface area contributed by atoms with E-state index in [0.717, 1.165) is 10.2 Å². The van der Waals surface area contributed by atoms with Crippen molar-refractivity contribution in [3.63, 3.8) is 0 Å². The van der Waals surface area contributed by atoms with Gasteiger partial charge in [-0.1, -0.05) is 0 Å². The Morgan fingerprint density at radius 1 is 1.64 bits per heavy atom. The fraction of sp³-hybridized carbons (Fsp3) is 0.286. The van der Waals surface area contributed by atoms with Crippen molar-refractivity contribution in [3.05, 3.63) is 22.9 Å². The van der Waals surface area contributed by atoms with Crippen molar-refractivity contribution < 1.29 is 4.74 Å². The van der Waals surface area contributed by atoms with E-state index in [1.165, 1.54) is 0 Å². The van der Waals surface area contributed by atoms with Crippen LogP contribution in [0.25, 0.3) is 0 Å². The van der Waals surface area contributed by atoms with Gasteiger partial charge in [0.25, 0.3) is 0 Å². The van der Waals surface area contributed by atoms with Crippen molar-refractivity contribution in [1.29, 1.82) is 0 Å². The number of hydrogen-bond acceptors (Lipinski definition) is 2. The molecule has 0 unspecified atom stereocenters. The van der Waals surface area contributed by atoms with Crippen LogP contribution in [0.15, 0.2) is 22.9 Å². The molecule has 0 spiro atoms. The van der Waals surface area contributed by atoms with Crippen molar-refractivity contribution >= 4 is 28.3 Å². The Hall–Kier alpha value is -0.280. The van der Waals surface area contributed by atoms with Crippen LogP contribution < -0.4 is 4.74 Å². The minimum absolute atomic E-state index is 0. The molecule has 1 heterocycles. The number of nitrogens with zero attached hydrogens (tertiary/aromatic N) is 1. The lowest BCUT2D eigenvalue weighted by atomic mass is 10.5. The van der Waals surface area contributed by atoms with Crippen molar-refractivity contribution in [1.82, 2.24) is 4.98 Å². The SMILES string of the molecule is CCOc1cnccc1Br.Cl. The second kappa shape index (κ2) is 5.38. The summed E-state index contributed by atoms with van der Waals surface area (Å²) < 4.78 is 6.18. The van der Waals surface area contributed by atoms with Gasteiger partial charge in [-0.05, 0) is 28.9 Å². The van der Waals surface area contributed by atoms with Gasteiger partial charge in [0.15, 0.2) is 5.75 Å². The summed E-state index contributed by atoms with van der Waals surface area (Å²) in [5.74, 6) is 0.796. The number of aromatic nitrogens is 1. The predicted octanol–water partition coefficient (Wildman–Crippen LogP) is 2.66. The van der Waals surface area contributed by atoms with Gasteiger partial charge < -0.3 is 4.74 Å². The molecule has 0 saturated carbocycles. The molecule has 2 nitrogen and oxygen atoms in total. The second-order valence-corrected chi connectivity index (χ2v) is 2.59. The van der Waals surface area contributed by atoms with Gasteiger partial charge in [0, 0.05) is 6.20 Å². The molecule has 0 aliphatic carbocycles. The van der Waals surface area contributed by atoms with Gasteiger partial charge in [0.1, 0.15) is 0 Å². The van der Waals surface area contributed by atoms with Gasteiger partial charge in [0.05, 0.1) is 17.3 Å². The third kappa shape index (κ3) is 3.08. The largest absolute Gasteiger partial charge is 0.491 e. The number of pyridine rings is 1. The normalized spacial score (nSPS) is 8.55. The van der Waals surface area contributed by atoms with Gasteiger partial charge in [-0.3, -0.25) is 4.98 Å². The summed E-state index contributed by atoms with van der Waals surface area (Å²) in [6.07, 6.45) is 3.40. The molecule has 0 radical (unpaired) electrons. The number of hydrogen-bond donors (Lipinski definition) is 0. The highest BCUT2D eigenvalue weighted by atomic mass is 79.9. The highest BCUT2D eigenvalue weighted by Gasteiger charge is 1.96. The van der Waals surface area contributed by atoms with E-state index >= 15 is 0 Å². The first kappa shape index (κ1) is 10.7. The van der Waals surface area contributed by atoms with E-state index in [4.69, 9.17) is 4.74 Å². The van der Waals surface area contributed by atoms with Crippen molar-refractivity contribution in [3.8, 4) is 5.75 Å². The molecule has 0 saturated heterocycles. The lowest BCUT2D eigenvalue weighted by molar-refractivity contribution is 0.336. The van der Waals surface area contributed by atoms with E-state index in [0.29, 0.717) is 6.61 Å². The Kier molecular flexibility index (Phi) is 5.24. The summed E-state index contributed by atoms with van der Waals surface area (Å²) in [7, 11) is 0. The summed E-state index contributed by atoms with van der Waals surface area (Å²) in [4.78, 5) is 3.91. The predicted molar refractivity (Wildman–Crippen MR) is 50.4 cm³/mol. The number of halogens is 2. The molecule has 0 atom stereocenters. The molecule has 1 aromatic rings. The average Bonchev–Trinajstić information content (AvgIpc) is 1.94. The monoisotopic (exact) mass is 237 g/mol. The first-order chi connectivity index (χ1) is 4.84. The Bertz CT molecular complexity index is 219. The second-order valence-electron chi connectivity index (χ2n) is 1.74. The number of ether oxygens (including phenoxy) is 1. The maximum atomic E-state index is 5.23. The summed E-state index contributed by atoms with van der Waals surface area (Å²) in [5, 5.41) is 0. The molecule has 1 rings (SSSR count). The number of rotatable bonds is 2. The molecular formula is C7H9BrClNO. The molecule has 0 amide bonds. The van der Waals surface area contributed by atoms with Gasteiger partial charge in [-0.2, -0.15) is 0 Å². The fourth-order valence-corrected chi connectivity index (χ4v) is 0.960. The first-order valence-corrected chi connectivity index (χ1v) is 3.86. The summed E-state index contributed by atoms with van der Waals surface area (Å²) in [6.45, 7) is 2.61. The molecule has 0 bridgehead atoms. The van der Waals surface area contributed by atoms with E-state index < -0.39 is 0 Å². The zero-order valence-corrected chi connectivity index (χ0v) is 8.48. The lowest BCUT2D eigenvalue weighted by Crippen LogP contribution is -1.92. The van der Waals surface area contributed by atoms with Crippen LogP contribution >= 0.6 is 28.3 Å². The highest BCUT2D eigenvalue weighted by Crippen LogP contribution is 2.21. The van der Waals surface area contributed by atoms with Crippen LogP contribution in [0.2, 0.25) is 0 Å². The van der Waals surface area contributed by atoms with Gasteiger partial charge in [0.2, 0.25) is 0 Å². The summed E-state index contributed by atoms with van der Waals surface area (Å²) in [5.41, 5.74) is 0. The molecule has 4 heteroatoms. The van der Waals surface area contributed by atoms with E-state index in [1.54, 1.807) is 12.4 Å². The molecule has 0 aliphatic heterocycles. The van der Waals surface area contributed by atoms with Crippen LogP contribution in [0, 0.1) is 0 Å². The van der Waals surface area contributed by atoms with Gasteiger partial charge in [-0.15, -0.1) is 12.4 Å². The molecule has 11 heavy (non-hydrogen) atoms. The smallest absolute Gasteiger partial charge is 0.151 e. The third-order valence-corrected chi connectivity index (χ3v) is 1.69. The topological polar surface area (TPSA) is 22.1 Å². The Labute approximate surface area is 80.5 Å². The van der Waals surface area contributed by atoms with Crippen LogP contribution in [0.4, 0.5) is 0 Å². The first-order valence-electron chi connectivity index (χ1n) is 3.07. The third-order valence-electron chi connectivity index (χ3n) is 1.03. The highest BCUT2D eigenvalue weighted by molar-refractivity contribution is 9.10. The van der Waals surface area contributed by atoms with Gasteiger partial charge in [-0.25, -0.2) is 0 Å². The van der Waals surface area contributed by atoms with E-state index in [-0.39, 0.29) is 12.4 Å². The zero-order chi connectivity index (χ0) is 7.40. The van der Waals surface area contributed by atoms with Crippen molar-refractivity contribution in [2.75, 3.05) is 6.61 Å². The van der Waals surface area contributed by atoms with Crippen molar-refractivity contribution in [2.24, 2.45) is 0 Å². The van der Waals surface area contributed by atoms with Crippen LogP contribution in [-0.2, 0) is 0 Å². The maximum absolute atomic E-state index is 5.23. The Balaban J connectivity index is 0.000001000. The van der Waals surface area contributed by atoms with E-state index in [9.17, 15) is 0 Å². The van der Waals surface area contributed by atoms with Gasteiger partial charge >= 0.3 is 0 Å². The quantitative estimate of drug-likeness (QED) is 0.790. The van der Waals surface area contributed by atoms with Crippen LogP contribution in [-0.4, -0.2) is 11.6 Å². The van der Waals surface area contributed by atoms with Crippen molar-refractivity contribution in [2.45, 2.75) is 6.92 Å². The minimum Gasteiger partial charge on any atom is -0.491 e. The zero-order valence-electron chi connectivity index (χ0n) is 6.08. The Morgan fingerprint density at radius 3 is 2.91 bits per heavy atom. The molecule has 0 aliphatic rings. The van der Waals surface area contributed by atoms with Crippen LogP contribution in [0.5, 0.6) is 5.75 Å². The average molecular weight is 239 g/mol. The molecule has 0 aromatic carbocycles. The standard InChI is InChI=1S/C7H8BrNO.ClH/c1-2-10-7-5-9-4-3-6(7)8;/h3-5H,2H2,1H3;1H. The molecule has 1 aromatic heterocycles. The molecule has 0 N–H and O–H groups in total. The van der Waals surface area contributed by atoms with Crippen LogP contribution in [0.1, 0.15) is 6.92 Å². The Morgan fingerprint density at radius 2 is 2.36 bits per heavy atom. The molecule has 62 valence electrons. The van der Waals surface area contributed by atoms with E-state index in [2.05, 4.69) is 20.9 Å². The minimum atomic E-state index is 0. The molecule has 0 fully saturated rings. The molecular weight excluding hydrogens is 229 g/mol. The van der Waals surface area contributed by atoms with E-state index in [1.807, 2.05) is 13.0 Å². The fourth-order valence-electron chi connectivity index (χ4n) is 0.625. The summed E-state index contributed by atoms with van der Waals surface area (Å²) in [6, 6.07) is 1.85. The van der Waals surface area contributed by atoms with Crippen LogP contribution in [0.3, 0.4) is 0 Å². The maximum Gasteiger partial charge on any atom is 0.151 e.